The fourth-order valence-electron chi connectivity index (χ4n) is 3.46. The van der Waals surface area contributed by atoms with Crippen LogP contribution in [0.4, 0.5) is 0 Å². The molecule has 0 spiro atoms. The maximum Gasteiger partial charge on any atom is 0.220 e. The molecule has 2 atom stereocenters. The minimum absolute atomic E-state index is 0.0904. The van der Waals surface area contributed by atoms with Crippen molar-refractivity contribution in [2.24, 2.45) is 5.92 Å². The first kappa shape index (κ1) is 12.7. The zero-order valence-electron chi connectivity index (χ0n) is 11.1. The van der Waals surface area contributed by atoms with Crippen LogP contribution < -0.4 is 5.32 Å². The third-order valence-electron chi connectivity index (χ3n) is 4.47. The van der Waals surface area contributed by atoms with Crippen molar-refractivity contribution >= 4 is 5.91 Å². The first-order valence-electron chi connectivity index (χ1n) is 7.29. The predicted molar refractivity (Wildman–Crippen MR) is 73.6 cm³/mol. The number of carbonyl (C=O) groups excluding carboxylic acids is 1. The molecule has 102 valence electrons. The highest BCUT2D eigenvalue weighted by atomic mass is 16.3. The van der Waals surface area contributed by atoms with E-state index >= 15 is 0 Å². The van der Waals surface area contributed by atoms with Gasteiger partial charge in [-0.15, -0.1) is 0 Å². The summed E-state index contributed by atoms with van der Waals surface area (Å²) in [6.45, 7) is 0. The fraction of sp³-hybridized carbons (Fsp3) is 0.562. The summed E-state index contributed by atoms with van der Waals surface area (Å²) < 4.78 is 0. The molecule has 1 aromatic rings. The number of aliphatic hydroxyl groups is 1. The van der Waals surface area contributed by atoms with Crippen LogP contribution in [0.2, 0.25) is 0 Å². The van der Waals surface area contributed by atoms with Crippen LogP contribution in [0.3, 0.4) is 0 Å². The number of benzene rings is 1. The van der Waals surface area contributed by atoms with E-state index in [0.717, 1.165) is 11.1 Å². The van der Waals surface area contributed by atoms with Gasteiger partial charge in [0.25, 0.3) is 0 Å². The molecule has 0 aromatic heterocycles. The molecule has 3 nitrogen and oxygen atoms in total. The lowest BCUT2D eigenvalue weighted by Gasteiger charge is -2.19. The number of fused-ring (bicyclic) bond motifs is 1. The van der Waals surface area contributed by atoms with Crippen LogP contribution in [0.25, 0.3) is 0 Å². The van der Waals surface area contributed by atoms with Gasteiger partial charge >= 0.3 is 0 Å². The highest BCUT2D eigenvalue weighted by Crippen LogP contribution is 2.32. The maximum absolute atomic E-state index is 12.1. The van der Waals surface area contributed by atoms with E-state index < -0.39 is 6.10 Å². The van der Waals surface area contributed by atoms with E-state index in [-0.39, 0.29) is 11.9 Å². The molecule has 0 saturated heterocycles. The van der Waals surface area contributed by atoms with Gasteiger partial charge in [-0.05, 0) is 29.9 Å². The number of amides is 1. The van der Waals surface area contributed by atoms with Crippen LogP contribution in [-0.2, 0) is 11.2 Å². The zero-order valence-corrected chi connectivity index (χ0v) is 11.1. The number of rotatable bonds is 3. The quantitative estimate of drug-likeness (QED) is 0.875. The van der Waals surface area contributed by atoms with Crippen molar-refractivity contribution in [3.63, 3.8) is 0 Å². The van der Waals surface area contributed by atoms with Crippen LogP contribution in [0, 0.1) is 5.92 Å². The van der Waals surface area contributed by atoms with Gasteiger partial charge in [-0.3, -0.25) is 4.79 Å². The largest absolute Gasteiger partial charge is 0.390 e. The van der Waals surface area contributed by atoms with Crippen LogP contribution in [0.15, 0.2) is 24.3 Å². The van der Waals surface area contributed by atoms with Gasteiger partial charge in [-0.25, -0.2) is 0 Å². The standard InChI is InChI=1S/C16H21NO2/c18-14-10-12-7-3-4-8-13(12)16(14)17-15(19)9-11-5-1-2-6-11/h3-4,7-8,11,14,16,18H,1-2,5-6,9-10H2,(H,17,19)/t14-,16+/m1/s1. The molecule has 0 aliphatic heterocycles. The summed E-state index contributed by atoms with van der Waals surface area (Å²) in [6, 6.07) is 7.76. The van der Waals surface area contributed by atoms with Crippen LogP contribution >= 0.6 is 0 Å². The molecule has 1 saturated carbocycles. The lowest BCUT2D eigenvalue weighted by Crippen LogP contribution is -2.34. The van der Waals surface area contributed by atoms with E-state index in [0.29, 0.717) is 18.8 Å². The number of hydrogen-bond donors (Lipinski definition) is 2. The summed E-state index contributed by atoms with van der Waals surface area (Å²) in [5.41, 5.74) is 2.23. The summed E-state index contributed by atoms with van der Waals surface area (Å²) in [4.78, 5) is 12.1. The van der Waals surface area contributed by atoms with Gasteiger partial charge in [-0.2, -0.15) is 0 Å². The molecule has 0 bridgehead atoms. The first-order chi connectivity index (χ1) is 9.24. The van der Waals surface area contributed by atoms with Gasteiger partial charge in [0.1, 0.15) is 0 Å². The van der Waals surface area contributed by atoms with Crippen molar-refractivity contribution in [2.75, 3.05) is 0 Å². The van der Waals surface area contributed by atoms with Gasteiger partial charge < -0.3 is 10.4 Å². The first-order valence-corrected chi connectivity index (χ1v) is 7.29. The highest BCUT2D eigenvalue weighted by Gasteiger charge is 2.32. The molecule has 3 heteroatoms. The molecular weight excluding hydrogens is 238 g/mol. The molecule has 1 aromatic carbocycles. The molecule has 1 amide bonds. The van der Waals surface area contributed by atoms with Crippen molar-refractivity contribution in [3.8, 4) is 0 Å². The summed E-state index contributed by atoms with van der Waals surface area (Å²) in [5.74, 6) is 0.640. The lowest BCUT2D eigenvalue weighted by atomic mass is 10.0. The van der Waals surface area contributed by atoms with Gasteiger partial charge in [-0.1, -0.05) is 37.1 Å². The minimum Gasteiger partial charge on any atom is -0.390 e. The maximum atomic E-state index is 12.1. The SMILES string of the molecule is O=C(CC1CCCC1)N[C@H]1c2ccccc2C[C@H]1O. The summed E-state index contributed by atoms with van der Waals surface area (Å²) >= 11 is 0. The Morgan fingerprint density at radius 3 is 2.79 bits per heavy atom. The van der Waals surface area contributed by atoms with Gasteiger partial charge in [0.05, 0.1) is 12.1 Å². The molecule has 19 heavy (non-hydrogen) atoms. The Morgan fingerprint density at radius 1 is 1.26 bits per heavy atom. The normalized spacial score (nSPS) is 26.4. The minimum atomic E-state index is -0.482. The summed E-state index contributed by atoms with van der Waals surface area (Å²) in [7, 11) is 0. The van der Waals surface area contributed by atoms with Crippen molar-refractivity contribution in [3.05, 3.63) is 35.4 Å². The average Bonchev–Trinajstić information content (AvgIpc) is 2.99. The van der Waals surface area contributed by atoms with Gasteiger partial charge in [0, 0.05) is 12.8 Å². The van der Waals surface area contributed by atoms with E-state index in [2.05, 4.69) is 5.32 Å². The summed E-state index contributed by atoms with van der Waals surface area (Å²) in [6.07, 6.45) is 5.65. The van der Waals surface area contributed by atoms with Gasteiger partial charge in [0.15, 0.2) is 0 Å². The molecule has 0 unspecified atom stereocenters. The van der Waals surface area contributed by atoms with E-state index in [9.17, 15) is 9.90 Å². The summed E-state index contributed by atoms with van der Waals surface area (Å²) in [5, 5.41) is 13.1. The second kappa shape index (κ2) is 5.33. The number of hydrogen-bond acceptors (Lipinski definition) is 2. The predicted octanol–water partition coefficient (Wildman–Crippen LogP) is 2.34. The molecule has 2 aliphatic rings. The van der Waals surface area contributed by atoms with E-state index in [1.807, 2.05) is 24.3 Å². The lowest BCUT2D eigenvalue weighted by molar-refractivity contribution is -0.123. The van der Waals surface area contributed by atoms with Crippen molar-refractivity contribution in [2.45, 2.75) is 50.7 Å². The smallest absolute Gasteiger partial charge is 0.220 e. The molecule has 2 aliphatic carbocycles. The number of carbonyl (C=O) groups is 1. The topological polar surface area (TPSA) is 49.3 Å². The van der Waals surface area contributed by atoms with Crippen LogP contribution in [0.5, 0.6) is 0 Å². The van der Waals surface area contributed by atoms with Gasteiger partial charge in [0.2, 0.25) is 5.91 Å². The van der Waals surface area contributed by atoms with E-state index in [4.69, 9.17) is 0 Å². The average molecular weight is 259 g/mol. The number of nitrogens with one attached hydrogen (secondary N) is 1. The third-order valence-corrected chi connectivity index (χ3v) is 4.47. The molecular formula is C16H21NO2. The Kier molecular flexibility index (Phi) is 3.56. The van der Waals surface area contributed by atoms with Crippen LogP contribution in [-0.4, -0.2) is 17.1 Å². The molecule has 2 N–H and O–H groups in total. The Morgan fingerprint density at radius 2 is 2.00 bits per heavy atom. The molecule has 3 rings (SSSR count). The Labute approximate surface area is 114 Å². The monoisotopic (exact) mass is 259 g/mol. The third kappa shape index (κ3) is 2.66. The fourth-order valence-corrected chi connectivity index (χ4v) is 3.46. The van der Waals surface area contributed by atoms with Crippen molar-refractivity contribution in [1.29, 1.82) is 0 Å². The number of aliphatic hydroxyl groups excluding tert-OH is 1. The van der Waals surface area contributed by atoms with Crippen LogP contribution in [0.1, 0.15) is 49.3 Å². The van der Waals surface area contributed by atoms with Crippen molar-refractivity contribution < 1.29 is 9.90 Å². The second-order valence-electron chi connectivity index (χ2n) is 5.87. The van der Waals surface area contributed by atoms with E-state index in [1.165, 1.54) is 25.7 Å². The van der Waals surface area contributed by atoms with Crippen molar-refractivity contribution in [1.82, 2.24) is 5.32 Å². The highest BCUT2D eigenvalue weighted by molar-refractivity contribution is 5.77. The molecule has 1 fully saturated rings. The Balaban J connectivity index is 1.64. The second-order valence-corrected chi connectivity index (χ2v) is 5.87. The zero-order chi connectivity index (χ0) is 13.2. The Hall–Kier alpha value is -1.35. The van der Waals surface area contributed by atoms with E-state index in [1.54, 1.807) is 0 Å². The molecule has 0 heterocycles. The Bertz CT molecular complexity index is 466. The molecule has 0 radical (unpaired) electrons.